The lowest BCUT2D eigenvalue weighted by Crippen LogP contribution is -2.09. The average molecular weight is 343 g/mol. The summed E-state index contributed by atoms with van der Waals surface area (Å²) in [5, 5.41) is 10.3. The molecule has 2 rings (SSSR count). The van der Waals surface area contributed by atoms with Gasteiger partial charge in [0.05, 0.1) is 24.9 Å². The van der Waals surface area contributed by atoms with Gasteiger partial charge in [0, 0.05) is 5.56 Å². The summed E-state index contributed by atoms with van der Waals surface area (Å²) in [5.41, 5.74) is 0.197. The van der Waals surface area contributed by atoms with Crippen molar-refractivity contribution in [3.05, 3.63) is 45.9 Å². The molecule has 0 aliphatic heterocycles. The summed E-state index contributed by atoms with van der Waals surface area (Å²) in [5.74, 6) is -0.233. The molecule has 0 fully saturated rings. The third-order valence-corrected chi connectivity index (χ3v) is 3.29. The minimum absolute atomic E-state index is 0.0798. The highest BCUT2D eigenvalue weighted by molar-refractivity contribution is 9.10. The van der Waals surface area contributed by atoms with Crippen molar-refractivity contribution in [1.29, 1.82) is 0 Å². The highest BCUT2D eigenvalue weighted by atomic mass is 79.9. The van der Waals surface area contributed by atoms with E-state index in [2.05, 4.69) is 25.9 Å². The van der Waals surface area contributed by atoms with Crippen molar-refractivity contribution in [2.24, 2.45) is 0 Å². The van der Waals surface area contributed by atoms with Crippen molar-refractivity contribution in [1.82, 2.24) is 9.97 Å². The van der Waals surface area contributed by atoms with E-state index in [4.69, 9.17) is 9.47 Å². The zero-order valence-electron chi connectivity index (χ0n) is 10.8. The van der Waals surface area contributed by atoms with E-state index in [0.29, 0.717) is 0 Å². The van der Waals surface area contributed by atoms with Crippen molar-refractivity contribution >= 4 is 15.9 Å². The largest absolute Gasteiger partial charge is 0.480 e. The molecule has 0 amide bonds. The van der Waals surface area contributed by atoms with Gasteiger partial charge >= 0.3 is 0 Å². The number of rotatable bonds is 4. The maximum Gasteiger partial charge on any atom is 0.241 e. The summed E-state index contributed by atoms with van der Waals surface area (Å²) in [6, 6.07) is 4.63. The van der Waals surface area contributed by atoms with Crippen molar-refractivity contribution in [3.8, 4) is 11.8 Å². The molecule has 0 aliphatic rings. The molecule has 1 aromatic carbocycles. The van der Waals surface area contributed by atoms with Crippen molar-refractivity contribution in [2.75, 3.05) is 14.2 Å². The van der Waals surface area contributed by atoms with Crippen LogP contribution in [0.2, 0.25) is 0 Å². The number of halogens is 2. The first-order valence-corrected chi connectivity index (χ1v) is 6.44. The maximum absolute atomic E-state index is 14.0. The number of hydrogen-bond donors (Lipinski definition) is 1. The van der Waals surface area contributed by atoms with Gasteiger partial charge in [-0.25, -0.2) is 9.37 Å². The number of benzene rings is 1. The lowest BCUT2D eigenvalue weighted by atomic mass is 10.1. The Morgan fingerprint density at radius 2 is 2.05 bits per heavy atom. The molecule has 0 aliphatic carbocycles. The molecule has 2 aromatic rings. The Labute approximate surface area is 123 Å². The molecule has 1 unspecified atom stereocenters. The Bertz CT molecular complexity index is 625. The van der Waals surface area contributed by atoms with Crippen LogP contribution >= 0.6 is 15.9 Å². The van der Waals surface area contributed by atoms with Crippen LogP contribution in [0.3, 0.4) is 0 Å². The van der Waals surface area contributed by atoms with Crippen LogP contribution in [0.4, 0.5) is 4.39 Å². The molecule has 1 N–H and O–H groups in total. The molecule has 0 saturated carbocycles. The predicted octanol–water partition coefficient (Wildman–Crippen LogP) is 2.48. The Balaban J connectivity index is 2.47. The number of hydrogen-bond acceptors (Lipinski definition) is 5. The van der Waals surface area contributed by atoms with Gasteiger partial charge in [0.25, 0.3) is 0 Å². The van der Waals surface area contributed by atoms with Crippen LogP contribution in [0.25, 0.3) is 0 Å². The highest BCUT2D eigenvalue weighted by Gasteiger charge is 2.23. The molecule has 20 heavy (non-hydrogen) atoms. The highest BCUT2D eigenvalue weighted by Crippen LogP contribution is 2.31. The number of nitrogens with zero attached hydrogens (tertiary/aromatic N) is 2. The standard InChI is InChI=1S/C13H12BrFN2O3/c1-19-9-6-16-11(13(17-9)20-2)12(18)7-4-3-5-8(14)10(7)15/h3-6,12,18H,1-2H3. The second kappa shape index (κ2) is 6.15. The lowest BCUT2D eigenvalue weighted by molar-refractivity contribution is 0.201. The van der Waals surface area contributed by atoms with E-state index in [0.717, 1.165) is 0 Å². The molecule has 7 heteroatoms. The Hall–Kier alpha value is -1.73. The maximum atomic E-state index is 14.0. The summed E-state index contributed by atoms with van der Waals surface area (Å²) >= 11 is 3.07. The van der Waals surface area contributed by atoms with E-state index in [1.165, 1.54) is 26.5 Å². The molecule has 1 atom stereocenters. The lowest BCUT2D eigenvalue weighted by Gasteiger charge is -2.15. The molecule has 106 valence electrons. The van der Waals surface area contributed by atoms with Crippen LogP contribution in [0.15, 0.2) is 28.9 Å². The van der Waals surface area contributed by atoms with Crippen molar-refractivity contribution in [3.63, 3.8) is 0 Å². The molecule has 5 nitrogen and oxygen atoms in total. The minimum atomic E-state index is -1.29. The topological polar surface area (TPSA) is 64.5 Å². The van der Waals surface area contributed by atoms with Gasteiger partial charge < -0.3 is 14.6 Å². The molecule has 0 saturated heterocycles. The van der Waals surface area contributed by atoms with E-state index in [1.54, 1.807) is 12.1 Å². The summed E-state index contributed by atoms with van der Waals surface area (Å²) in [6.45, 7) is 0. The second-order valence-corrected chi connectivity index (χ2v) is 4.71. The van der Waals surface area contributed by atoms with Crippen LogP contribution in [0, 0.1) is 5.82 Å². The molecular formula is C13H12BrFN2O3. The van der Waals surface area contributed by atoms with Gasteiger partial charge in [-0.05, 0) is 22.0 Å². The number of aromatic nitrogens is 2. The van der Waals surface area contributed by atoms with Gasteiger partial charge in [-0.2, -0.15) is 4.98 Å². The zero-order valence-corrected chi connectivity index (χ0v) is 12.4. The Morgan fingerprint density at radius 3 is 2.70 bits per heavy atom. The number of methoxy groups -OCH3 is 2. The molecule has 0 bridgehead atoms. The van der Waals surface area contributed by atoms with Crippen molar-refractivity contribution < 1.29 is 19.0 Å². The van der Waals surface area contributed by atoms with Gasteiger partial charge in [-0.3, -0.25) is 0 Å². The van der Waals surface area contributed by atoms with Gasteiger partial charge in [0.15, 0.2) is 0 Å². The Kier molecular flexibility index (Phi) is 4.51. The van der Waals surface area contributed by atoms with Crippen molar-refractivity contribution in [2.45, 2.75) is 6.10 Å². The van der Waals surface area contributed by atoms with Crippen LogP contribution in [0.1, 0.15) is 17.4 Å². The fourth-order valence-electron chi connectivity index (χ4n) is 1.68. The van der Waals surface area contributed by atoms with E-state index in [-0.39, 0.29) is 27.5 Å². The minimum Gasteiger partial charge on any atom is -0.480 e. The first-order chi connectivity index (χ1) is 9.58. The zero-order chi connectivity index (χ0) is 14.7. The fraction of sp³-hybridized carbons (Fsp3) is 0.231. The third kappa shape index (κ3) is 2.73. The summed E-state index contributed by atoms with van der Waals surface area (Å²) in [7, 11) is 2.82. The van der Waals surface area contributed by atoms with E-state index < -0.39 is 11.9 Å². The second-order valence-electron chi connectivity index (χ2n) is 3.85. The van der Waals surface area contributed by atoms with E-state index in [9.17, 15) is 9.50 Å². The summed E-state index contributed by atoms with van der Waals surface area (Å²) in [4.78, 5) is 8.03. The predicted molar refractivity (Wildman–Crippen MR) is 73.3 cm³/mol. The van der Waals surface area contributed by atoms with Gasteiger partial charge in [0.1, 0.15) is 17.6 Å². The van der Waals surface area contributed by atoms with Gasteiger partial charge in [0.2, 0.25) is 11.8 Å². The first-order valence-electron chi connectivity index (χ1n) is 5.65. The number of ether oxygens (including phenoxy) is 2. The molecule has 0 radical (unpaired) electrons. The van der Waals surface area contributed by atoms with Crippen LogP contribution in [-0.2, 0) is 0 Å². The molecule has 0 spiro atoms. The van der Waals surface area contributed by atoms with E-state index >= 15 is 0 Å². The van der Waals surface area contributed by atoms with Gasteiger partial charge in [-0.1, -0.05) is 12.1 Å². The van der Waals surface area contributed by atoms with Crippen LogP contribution in [0.5, 0.6) is 11.8 Å². The smallest absolute Gasteiger partial charge is 0.241 e. The molecular weight excluding hydrogens is 331 g/mol. The van der Waals surface area contributed by atoms with Crippen LogP contribution in [-0.4, -0.2) is 29.3 Å². The summed E-state index contributed by atoms with van der Waals surface area (Å²) < 4.78 is 24.2. The SMILES string of the molecule is COc1cnc(C(O)c2cccc(Br)c2F)c(OC)n1. The third-order valence-electron chi connectivity index (χ3n) is 2.68. The quantitative estimate of drug-likeness (QED) is 0.924. The number of aliphatic hydroxyl groups excluding tert-OH is 1. The van der Waals surface area contributed by atoms with E-state index in [1.807, 2.05) is 0 Å². The molecule has 1 aromatic heterocycles. The monoisotopic (exact) mass is 342 g/mol. The summed E-state index contributed by atoms with van der Waals surface area (Å²) in [6.07, 6.45) is 0.0394. The van der Waals surface area contributed by atoms with Crippen LogP contribution < -0.4 is 9.47 Å². The molecule has 1 heterocycles. The van der Waals surface area contributed by atoms with Gasteiger partial charge in [-0.15, -0.1) is 0 Å². The Morgan fingerprint density at radius 1 is 1.30 bits per heavy atom. The fourth-order valence-corrected chi connectivity index (χ4v) is 2.06. The average Bonchev–Trinajstić information content (AvgIpc) is 2.48. The normalized spacial score (nSPS) is 12.1. The number of aliphatic hydroxyl groups is 1. The first kappa shape index (κ1) is 14.7.